The van der Waals surface area contributed by atoms with Gasteiger partial charge >= 0.3 is 0 Å². The average Bonchev–Trinajstić information content (AvgIpc) is 3.40. The Morgan fingerprint density at radius 2 is 1.91 bits per heavy atom. The zero-order valence-corrected chi connectivity index (χ0v) is 27.1. The molecule has 0 saturated heterocycles. The van der Waals surface area contributed by atoms with Crippen molar-refractivity contribution >= 4 is 24.9 Å². The van der Waals surface area contributed by atoms with Crippen LogP contribution in [0.2, 0.25) is 25.7 Å². The summed E-state index contributed by atoms with van der Waals surface area (Å²) in [7, 11) is 0.544. The molecule has 1 amide bonds. The van der Waals surface area contributed by atoms with Crippen LogP contribution in [0.5, 0.6) is 11.5 Å². The predicted molar refractivity (Wildman–Crippen MR) is 173 cm³/mol. The summed E-state index contributed by atoms with van der Waals surface area (Å²) in [6.45, 7) is 16.7. The molecule has 3 aromatic carbocycles. The molecule has 9 heteroatoms. The molecule has 0 saturated carbocycles. The van der Waals surface area contributed by atoms with E-state index in [1.54, 1.807) is 42.3 Å². The molecule has 7 nitrogen and oxygen atoms in total. The summed E-state index contributed by atoms with van der Waals surface area (Å²) in [5, 5.41) is 5.59. The van der Waals surface area contributed by atoms with E-state index >= 15 is 0 Å². The fraction of sp³-hybridized carbons (Fsp3) is 0.353. The number of hydrogen-bond acceptors (Lipinski definition) is 5. The number of hydrogen-bond donors (Lipinski definition) is 0. The monoisotopic (exact) mass is 603 g/mol. The van der Waals surface area contributed by atoms with E-state index in [1.165, 1.54) is 12.1 Å². The van der Waals surface area contributed by atoms with Gasteiger partial charge in [0.1, 0.15) is 30.7 Å². The molecule has 0 N–H and O–H groups in total. The maximum absolute atomic E-state index is 13.9. The first-order valence-electron chi connectivity index (χ1n) is 14.6. The standard InChI is InChI=1S/C34H42FN3O4Si/c1-8-15-42-31-20-27(33-30(24(31)3)21-36-38(33)23-40-16-17-43(5,6)7)22-37(4)34(39)26-13-14-29(32(19-26)41-9-2)25-11-10-12-28(35)18-25/h8,10-14,18-21H,1,9,15-17,22-23H2,2-7H3. The second-order valence-corrected chi connectivity index (χ2v) is 17.4. The summed E-state index contributed by atoms with van der Waals surface area (Å²) in [5.74, 6) is 0.743. The van der Waals surface area contributed by atoms with Crippen LogP contribution >= 0.6 is 0 Å². The van der Waals surface area contributed by atoms with Gasteiger partial charge in [-0.25, -0.2) is 9.07 Å². The van der Waals surface area contributed by atoms with E-state index in [2.05, 4.69) is 31.3 Å². The van der Waals surface area contributed by atoms with Gasteiger partial charge in [-0.2, -0.15) is 5.10 Å². The summed E-state index contributed by atoms with van der Waals surface area (Å²) in [6, 6.07) is 14.7. The highest BCUT2D eigenvalue weighted by Gasteiger charge is 2.21. The highest BCUT2D eigenvalue weighted by atomic mass is 28.3. The molecule has 1 aromatic heterocycles. The molecule has 0 spiro atoms. The largest absolute Gasteiger partial charge is 0.493 e. The number of amides is 1. The Bertz CT molecular complexity index is 1590. The van der Waals surface area contributed by atoms with Gasteiger partial charge in [0.2, 0.25) is 0 Å². The van der Waals surface area contributed by atoms with E-state index in [-0.39, 0.29) is 11.7 Å². The van der Waals surface area contributed by atoms with Crippen LogP contribution < -0.4 is 9.47 Å². The molecule has 0 fully saturated rings. The average molecular weight is 604 g/mol. The molecular formula is C34H42FN3O4Si. The van der Waals surface area contributed by atoms with Crippen LogP contribution in [-0.2, 0) is 18.0 Å². The summed E-state index contributed by atoms with van der Waals surface area (Å²) in [4.78, 5) is 15.4. The van der Waals surface area contributed by atoms with E-state index in [0.717, 1.165) is 39.4 Å². The zero-order valence-electron chi connectivity index (χ0n) is 26.1. The Morgan fingerprint density at radius 1 is 1.12 bits per heavy atom. The lowest BCUT2D eigenvalue weighted by Gasteiger charge is -2.21. The number of rotatable bonds is 14. The second-order valence-electron chi connectivity index (χ2n) is 11.8. The van der Waals surface area contributed by atoms with Crippen molar-refractivity contribution in [3.63, 3.8) is 0 Å². The third-order valence-corrected chi connectivity index (χ3v) is 8.91. The van der Waals surface area contributed by atoms with Crippen molar-refractivity contribution in [2.24, 2.45) is 0 Å². The molecule has 0 radical (unpaired) electrons. The molecule has 0 aliphatic carbocycles. The lowest BCUT2D eigenvalue weighted by molar-refractivity contribution is 0.0781. The van der Waals surface area contributed by atoms with E-state index < -0.39 is 8.07 Å². The minimum absolute atomic E-state index is 0.175. The number of fused-ring (bicyclic) bond motifs is 1. The van der Waals surface area contributed by atoms with Crippen LogP contribution in [0.3, 0.4) is 0 Å². The molecule has 0 aliphatic rings. The number of halogens is 1. The van der Waals surface area contributed by atoms with Gasteiger partial charge in [0.05, 0.1) is 18.3 Å². The fourth-order valence-corrected chi connectivity index (χ4v) is 5.64. The lowest BCUT2D eigenvalue weighted by atomic mass is 10.0. The van der Waals surface area contributed by atoms with Crippen molar-refractivity contribution in [1.29, 1.82) is 0 Å². The number of nitrogens with zero attached hydrogens (tertiary/aromatic N) is 3. The fourth-order valence-electron chi connectivity index (χ4n) is 4.89. The van der Waals surface area contributed by atoms with Crippen LogP contribution in [0.1, 0.15) is 28.4 Å². The van der Waals surface area contributed by atoms with Gasteiger partial charge in [-0.1, -0.05) is 44.4 Å². The number of ether oxygens (including phenoxy) is 3. The summed E-state index contributed by atoms with van der Waals surface area (Å²) >= 11 is 0. The third kappa shape index (κ3) is 7.91. The van der Waals surface area contributed by atoms with Crippen molar-refractivity contribution in [3.8, 4) is 22.6 Å². The highest BCUT2D eigenvalue weighted by Crippen LogP contribution is 2.34. The SMILES string of the molecule is C=CCOc1cc(CN(C)C(=O)c2ccc(-c3cccc(F)c3)c(OCC)c2)c2c(cnn2COCC[Si](C)(C)C)c1C. The predicted octanol–water partition coefficient (Wildman–Crippen LogP) is 7.70. The number of aryl methyl sites for hydroxylation is 1. The van der Waals surface area contributed by atoms with Crippen molar-refractivity contribution < 1.29 is 23.4 Å². The van der Waals surface area contributed by atoms with Crippen molar-refractivity contribution in [2.75, 3.05) is 26.9 Å². The van der Waals surface area contributed by atoms with E-state index in [0.29, 0.717) is 50.0 Å². The Morgan fingerprint density at radius 3 is 2.60 bits per heavy atom. The molecule has 0 atom stereocenters. The van der Waals surface area contributed by atoms with Gasteiger partial charge in [-0.05, 0) is 61.9 Å². The number of benzene rings is 3. The summed E-state index contributed by atoms with van der Waals surface area (Å²) in [5.41, 5.74) is 4.65. The van der Waals surface area contributed by atoms with Crippen LogP contribution in [0, 0.1) is 12.7 Å². The second kappa shape index (κ2) is 14.0. The van der Waals surface area contributed by atoms with Gasteiger partial charge in [0.15, 0.2) is 0 Å². The van der Waals surface area contributed by atoms with Gasteiger partial charge < -0.3 is 19.1 Å². The molecule has 0 aliphatic heterocycles. The van der Waals surface area contributed by atoms with Crippen molar-refractivity contribution in [2.45, 2.75) is 52.8 Å². The maximum Gasteiger partial charge on any atom is 0.254 e. The Balaban J connectivity index is 1.64. The minimum Gasteiger partial charge on any atom is -0.493 e. The first kappa shape index (κ1) is 32.0. The maximum atomic E-state index is 13.9. The number of carbonyl (C=O) groups is 1. The Labute approximate surface area is 254 Å². The third-order valence-electron chi connectivity index (χ3n) is 7.21. The van der Waals surface area contributed by atoms with Gasteiger partial charge in [0.25, 0.3) is 5.91 Å². The van der Waals surface area contributed by atoms with Crippen LogP contribution in [0.15, 0.2) is 67.4 Å². The number of carbonyl (C=O) groups excluding carboxylic acids is 1. The molecule has 4 aromatic rings. The Hall–Kier alpha value is -3.95. The summed E-state index contributed by atoms with van der Waals surface area (Å²) in [6.07, 6.45) is 3.54. The van der Waals surface area contributed by atoms with Crippen LogP contribution in [0.4, 0.5) is 4.39 Å². The summed E-state index contributed by atoms with van der Waals surface area (Å²) < 4.78 is 33.7. The van der Waals surface area contributed by atoms with Gasteiger partial charge in [-0.3, -0.25) is 4.79 Å². The number of aromatic nitrogens is 2. The van der Waals surface area contributed by atoms with Crippen LogP contribution in [0.25, 0.3) is 22.0 Å². The minimum atomic E-state index is -1.22. The first-order chi connectivity index (χ1) is 20.5. The topological polar surface area (TPSA) is 65.8 Å². The quantitative estimate of drug-likeness (QED) is 0.0840. The molecule has 0 unspecified atom stereocenters. The van der Waals surface area contributed by atoms with Gasteiger partial charge in [-0.15, -0.1) is 0 Å². The van der Waals surface area contributed by atoms with E-state index in [9.17, 15) is 9.18 Å². The lowest BCUT2D eigenvalue weighted by Crippen LogP contribution is -2.26. The molecule has 228 valence electrons. The van der Waals surface area contributed by atoms with Crippen molar-refractivity contribution in [3.05, 3.63) is 89.9 Å². The molecule has 0 bridgehead atoms. The first-order valence-corrected chi connectivity index (χ1v) is 18.3. The molecule has 4 rings (SSSR count). The molecular weight excluding hydrogens is 561 g/mol. The normalized spacial score (nSPS) is 11.5. The molecule has 1 heterocycles. The van der Waals surface area contributed by atoms with Crippen molar-refractivity contribution in [1.82, 2.24) is 14.7 Å². The van der Waals surface area contributed by atoms with E-state index in [1.807, 2.05) is 36.9 Å². The Kier molecular flexibility index (Phi) is 10.4. The van der Waals surface area contributed by atoms with E-state index in [4.69, 9.17) is 14.2 Å². The highest BCUT2D eigenvalue weighted by molar-refractivity contribution is 6.76. The zero-order chi connectivity index (χ0) is 31.1. The van der Waals surface area contributed by atoms with Crippen LogP contribution in [-0.4, -0.2) is 55.5 Å². The molecule has 43 heavy (non-hydrogen) atoms. The smallest absolute Gasteiger partial charge is 0.254 e. The van der Waals surface area contributed by atoms with Gasteiger partial charge in [0, 0.05) is 55.9 Å².